The van der Waals surface area contributed by atoms with E-state index in [1.54, 1.807) is 18.4 Å². The fourth-order valence-corrected chi connectivity index (χ4v) is 3.17. The molecule has 0 fully saturated rings. The van der Waals surface area contributed by atoms with Crippen LogP contribution in [0.5, 0.6) is 0 Å². The van der Waals surface area contributed by atoms with Crippen LogP contribution in [-0.4, -0.2) is 25.2 Å². The standard InChI is InChI=1S/C15H18N2OS/c1-18-7-5-15-17-14(10-19-15)12-2-3-13-9-16-6-4-11(13)8-12/h2-3,8,10,16H,4-7,9H2,1H3. The van der Waals surface area contributed by atoms with Gasteiger partial charge in [0.2, 0.25) is 0 Å². The molecule has 100 valence electrons. The molecule has 0 atom stereocenters. The molecule has 1 aliphatic rings. The molecule has 19 heavy (non-hydrogen) atoms. The van der Waals surface area contributed by atoms with Crippen LogP contribution in [0.1, 0.15) is 16.1 Å². The molecule has 0 unspecified atom stereocenters. The second-order valence-corrected chi connectivity index (χ2v) is 5.72. The zero-order valence-corrected chi connectivity index (χ0v) is 11.9. The van der Waals surface area contributed by atoms with Gasteiger partial charge >= 0.3 is 0 Å². The van der Waals surface area contributed by atoms with E-state index in [0.717, 1.165) is 43.2 Å². The van der Waals surface area contributed by atoms with Crippen molar-refractivity contribution in [3.8, 4) is 11.3 Å². The van der Waals surface area contributed by atoms with E-state index in [2.05, 4.69) is 33.9 Å². The molecule has 0 aliphatic carbocycles. The van der Waals surface area contributed by atoms with Crippen molar-refractivity contribution < 1.29 is 4.74 Å². The first-order chi connectivity index (χ1) is 9.36. The molecule has 0 amide bonds. The van der Waals surface area contributed by atoms with Crippen molar-refractivity contribution in [1.82, 2.24) is 10.3 Å². The lowest BCUT2D eigenvalue weighted by atomic mass is 9.98. The summed E-state index contributed by atoms with van der Waals surface area (Å²) in [7, 11) is 1.73. The van der Waals surface area contributed by atoms with Crippen molar-refractivity contribution in [3.63, 3.8) is 0 Å². The molecule has 2 aromatic rings. The number of hydrogen-bond acceptors (Lipinski definition) is 4. The molecular weight excluding hydrogens is 256 g/mol. The Morgan fingerprint density at radius 3 is 3.21 bits per heavy atom. The zero-order chi connectivity index (χ0) is 13.1. The Balaban J connectivity index is 1.83. The average Bonchev–Trinajstić information content (AvgIpc) is 2.93. The summed E-state index contributed by atoms with van der Waals surface area (Å²) in [5.41, 5.74) is 5.21. The number of nitrogens with zero attached hydrogens (tertiary/aromatic N) is 1. The van der Waals surface area contributed by atoms with Crippen LogP contribution in [0, 0.1) is 0 Å². The number of rotatable bonds is 4. The summed E-state index contributed by atoms with van der Waals surface area (Å²) >= 11 is 1.72. The minimum atomic E-state index is 0.739. The van der Waals surface area contributed by atoms with Crippen LogP contribution in [0.2, 0.25) is 0 Å². The molecule has 0 saturated carbocycles. The maximum Gasteiger partial charge on any atom is 0.0955 e. The molecule has 2 heterocycles. The van der Waals surface area contributed by atoms with Crippen LogP contribution < -0.4 is 5.32 Å². The van der Waals surface area contributed by atoms with Crippen LogP contribution in [0.25, 0.3) is 11.3 Å². The molecule has 3 rings (SSSR count). The first-order valence-electron chi connectivity index (χ1n) is 6.63. The summed E-state index contributed by atoms with van der Waals surface area (Å²) < 4.78 is 5.09. The van der Waals surface area contributed by atoms with E-state index < -0.39 is 0 Å². The van der Waals surface area contributed by atoms with Crippen molar-refractivity contribution in [2.45, 2.75) is 19.4 Å². The topological polar surface area (TPSA) is 34.1 Å². The number of methoxy groups -OCH3 is 1. The molecular formula is C15H18N2OS. The fraction of sp³-hybridized carbons (Fsp3) is 0.400. The number of ether oxygens (including phenoxy) is 1. The van der Waals surface area contributed by atoms with Gasteiger partial charge in [-0.15, -0.1) is 11.3 Å². The van der Waals surface area contributed by atoms with Gasteiger partial charge in [0.25, 0.3) is 0 Å². The van der Waals surface area contributed by atoms with Gasteiger partial charge in [-0.25, -0.2) is 4.98 Å². The van der Waals surface area contributed by atoms with E-state index in [0.29, 0.717) is 0 Å². The molecule has 3 nitrogen and oxygen atoms in total. The Bertz CT molecular complexity index is 565. The Morgan fingerprint density at radius 1 is 1.37 bits per heavy atom. The third-order valence-corrected chi connectivity index (χ3v) is 4.37. The van der Waals surface area contributed by atoms with Crippen LogP contribution >= 0.6 is 11.3 Å². The maximum atomic E-state index is 5.09. The molecule has 1 N–H and O–H groups in total. The number of hydrogen-bond donors (Lipinski definition) is 1. The predicted octanol–water partition coefficient (Wildman–Crippen LogP) is 2.64. The van der Waals surface area contributed by atoms with E-state index in [1.807, 2.05) is 0 Å². The predicted molar refractivity (Wildman–Crippen MR) is 78.5 cm³/mol. The lowest BCUT2D eigenvalue weighted by molar-refractivity contribution is 0.202. The Kier molecular flexibility index (Phi) is 3.92. The second-order valence-electron chi connectivity index (χ2n) is 4.78. The van der Waals surface area contributed by atoms with Gasteiger partial charge in [-0.3, -0.25) is 0 Å². The van der Waals surface area contributed by atoms with Crippen molar-refractivity contribution in [3.05, 3.63) is 39.7 Å². The van der Waals surface area contributed by atoms with Gasteiger partial charge in [0.15, 0.2) is 0 Å². The van der Waals surface area contributed by atoms with E-state index >= 15 is 0 Å². The SMILES string of the molecule is COCCc1nc(-c2ccc3c(c2)CCNC3)cs1. The van der Waals surface area contributed by atoms with Gasteiger partial charge in [-0.2, -0.15) is 0 Å². The maximum absolute atomic E-state index is 5.09. The van der Waals surface area contributed by atoms with Crippen LogP contribution in [-0.2, 0) is 24.1 Å². The third kappa shape index (κ3) is 2.86. The van der Waals surface area contributed by atoms with Crippen molar-refractivity contribution in [1.29, 1.82) is 0 Å². The van der Waals surface area contributed by atoms with Crippen molar-refractivity contribution in [2.24, 2.45) is 0 Å². The Labute approximate surface area is 117 Å². The minimum absolute atomic E-state index is 0.739. The largest absolute Gasteiger partial charge is 0.384 e. The molecule has 0 bridgehead atoms. The highest BCUT2D eigenvalue weighted by atomic mass is 32.1. The number of fused-ring (bicyclic) bond motifs is 1. The van der Waals surface area contributed by atoms with E-state index in [1.165, 1.54) is 16.7 Å². The zero-order valence-electron chi connectivity index (χ0n) is 11.1. The van der Waals surface area contributed by atoms with Crippen LogP contribution in [0.3, 0.4) is 0 Å². The fourth-order valence-electron chi connectivity index (χ4n) is 2.38. The highest BCUT2D eigenvalue weighted by Gasteiger charge is 2.11. The van der Waals surface area contributed by atoms with E-state index in [-0.39, 0.29) is 0 Å². The van der Waals surface area contributed by atoms with Crippen molar-refractivity contribution >= 4 is 11.3 Å². The average molecular weight is 274 g/mol. The highest BCUT2D eigenvalue weighted by molar-refractivity contribution is 7.09. The first kappa shape index (κ1) is 12.8. The third-order valence-electron chi connectivity index (χ3n) is 3.46. The molecule has 0 radical (unpaired) electrons. The number of aromatic nitrogens is 1. The lowest BCUT2D eigenvalue weighted by Crippen LogP contribution is -2.23. The normalized spacial score (nSPS) is 14.4. The second kappa shape index (κ2) is 5.82. The molecule has 0 spiro atoms. The number of thiazole rings is 1. The molecule has 1 aliphatic heterocycles. The number of nitrogens with one attached hydrogen (secondary N) is 1. The summed E-state index contributed by atoms with van der Waals surface area (Å²) in [6.45, 7) is 2.81. The Hall–Kier alpha value is -1.23. The first-order valence-corrected chi connectivity index (χ1v) is 7.51. The quantitative estimate of drug-likeness (QED) is 0.930. The summed E-state index contributed by atoms with van der Waals surface area (Å²) in [6, 6.07) is 6.71. The van der Waals surface area contributed by atoms with Gasteiger partial charge in [-0.05, 0) is 30.2 Å². The molecule has 0 saturated heterocycles. The molecule has 1 aromatic heterocycles. The van der Waals surface area contributed by atoms with Gasteiger partial charge in [0, 0.05) is 31.0 Å². The van der Waals surface area contributed by atoms with E-state index in [9.17, 15) is 0 Å². The molecule has 1 aromatic carbocycles. The van der Waals surface area contributed by atoms with Gasteiger partial charge < -0.3 is 10.1 Å². The summed E-state index contributed by atoms with van der Waals surface area (Å²) in [5.74, 6) is 0. The summed E-state index contributed by atoms with van der Waals surface area (Å²) in [6.07, 6.45) is 2.01. The summed E-state index contributed by atoms with van der Waals surface area (Å²) in [4.78, 5) is 4.69. The van der Waals surface area contributed by atoms with E-state index in [4.69, 9.17) is 4.74 Å². The number of benzene rings is 1. The smallest absolute Gasteiger partial charge is 0.0955 e. The highest BCUT2D eigenvalue weighted by Crippen LogP contribution is 2.26. The monoisotopic (exact) mass is 274 g/mol. The molecule has 4 heteroatoms. The van der Waals surface area contributed by atoms with Gasteiger partial charge in [0.05, 0.1) is 17.3 Å². The van der Waals surface area contributed by atoms with Crippen LogP contribution in [0.15, 0.2) is 23.6 Å². The van der Waals surface area contributed by atoms with Crippen molar-refractivity contribution in [2.75, 3.05) is 20.3 Å². The summed E-state index contributed by atoms with van der Waals surface area (Å²) in [5, 5.41) is 6.70. The van der Waals surface area contributed by atoms with Crippen LogP contribution in [0.4, 0.5) is 0 Å². The van der Waals surface area contributed by atoms with Gasteiger partial charge in [0.1, 0.15) is 0 Å². The van der Waals surface area contributed by atoms with Gasteiger partial charge in [-0.1, -0.05) is 12.1 Å². The lowest BCUT2D eigenvalue weighted by Gasteiger charge is -2.17. The minimum Gasteiger partial charge on any atom is -0.384 e. The Morgan fingerprint density at radius 2 is 2.32 bits per heavy atom.